The summed E-state index contributed by atoms with van der Waals surface area (Å²) in [5, 5.41) is 2.97. The Bertz CT molecular complexity index is 796. The van der Waals surface area contributed by atoms with Crippen molar-refractivity contribution in [2.24, 2.45) is 0 Å². The number of piperazine rings is 1. The molecule has 1 atom stereocenters. The molecular formula is C23H31N3O2. The Morgan fingerprint density at radius 3 is 2.39 bits per heavy atom. The first-order chi connectivity index (χ1) is 13.4. The van der Waals surface area contributed by atoms with E-state index in [-0.39, 0.29) is 5.91 Å². The van der Waals surface area contributed by atoms with Crippen molar-refractivity contribution in [1.29, 1.82) is 0 Å². The van der Waals surface area contributed by atoms with Crippen molar-refractivity contribution in [3.05, 3.63) is 59.2 Å². The summed E-state index contributed by atoms with van der Waals surface area (Å²) in [5.41, 5.74) is 4.56. The van der Waals surface area contributed by atoms with Crippen LogP contribution in [0, 0.1) is 13.8 Å². The summed E-state index contributed by atoms with van der Waals surface area (Å²) in [5.74, 6) is 0.646. The van der Waals surface area contributed by atoms with Crippen molar-refractivity contribution in [2.75, 3.05) is 38.1 Å². The Morgan fingerprint density at radius 2 is 1.75 bits per heavy atom. The van der Waals surface area contributed by atoms with E-state index in [9.17, 15) is 4.79 Å². The number of nitrogens with one attached hydrogen (secondary N) is 1. The molecule has 1 saturated heterocycles. The van der Waals surface area contributed by atoms with Crippen molar-refractivity contribution in [3.63, 3.8) is 0 Å². The molecule has 3 rings (SSSR count). The molecule has 0 saturated carbocycles. The molecule has 1 N–H and O–H groups in total. The van der Waals surface area contributed by atoms with E-state index >= 15 is 0 Å². The molecule has 0 radical (unpaired) electrons. The van der Waals surface area contributed by atoms with Gasteiger partial charge in [0.05, 0.1) is 0 Å². The lowest BCUT2D eigenvalue weighted by atomic mass is 10.1. The number of nitrogens with zero attached hydrogens (tertiary/aromatic N) is 2. The van der Waals surface area contributed by atoms with Crippen LogP contribution in [0.5, 0.6) is 5.75 Å². The van der Waals surface area contributed by atoms with Crippen molar-refractivity contribution in [3.8, 4) is 5.75 Å². The topological polar surface area (TPSA) is 44.8 Å². The zero-order valence-corrected chi connectivity index (χ0v) is 17.4. The smallest absolute Gasteiger partial charge is 0.261 e. The monoisotopic (exact) mass is 381 g/mol. The molecule has 5 heteroatoms. The number of carbonyl (C=O) groups is 1. The number of benzene rings is 2. The molecule has 1 aliphatic rings. The highest BCUT2D eigenvalue weighted by Crippen LogP contribution is 2.20. The summed E-state index contributed by atoms with van der Waals surface area (Å²) < 4.78 is 5.83. The molecule has 2 aromatic carbocycles. The third-order valence-electron chi connectivity index (χ3n) is 5.27. The fourth-order valence-electron chi connectivity index (χ4n) is 3.40. The normalized spacial score (nSPS) is 15.9. The molecule has 0 unspecified atom stereocenters. The number of hydrogen-bond acceptors (Lipinski definition) is 4. The minimum atomic E-state index is -0.536. The molecule has 1 aliphatic heterocycles. The van der Waals surface area contributed by atoms with Crippen LogP contribution in [0.3, 0.4) is 0 Å². The van der Waals surface area contributed by atoms with Crippen LogP contribution in [0.25, 0.3) is 0 Å². The minimum Gasteiger partial charge on any atom is -0.481 e. The number of amides is 1. The van der Waals surface area contributed by atoms with E-state index in [1.807, 2.05) is 26.0 Å². The summed E-state index contributed by atoms with van der Waals surface area (Å²) in [7, 11) is 2.16. The number of ether oxygens (including phenoxy) is 1. The van der Waals surface area contributed by atoms with Crippen LogP contribution in [0.4, 0.5) is 5.69 Å². The van der Waals surface area contributed by atoms with E-state index in [2.05, 4.69) is 52.5 Å². The highest BCUT2D eigenvalue weighted by Gasteiger charge is 2.16. The van der Waals surface area contributed by atoms with Crippen LogP contribution < -0.4 is 15.0 Å². The fraction of sp³-hybridized carbons (Fsp3) is 0.435. The first-order valence-electron chi connectivity index (χ1n) is 9.96. The number of likely N-dealkylation sites (N-methyl/N-ethyl adjacent to an activating group) is 1. The largest absolute Gasteiger partial charge is 0.481 e. The first-order valence-corrected chi connectivity index (χ1v) is 9.96. The number of aryl methyl sites for hydroxylation is 2. The maximum atomic E-state index is 12.4. The van der Waals surface area contributed by atoms with Gasteiger partial charge in [0.2, 0.25) is 0 Å². The van der Waals surface area contributed by atoms with E-state index in [0.717, 1.165) is 43.1 Å². The van der Waals surface area contributed by atoms with Gasteiger partial charge in [0.15, 0.2) is 6.10 Å². The molecule has 150 valence electrons. The van der Waals surface area contributed by atoms with Gasteiger partial charge in [-0.1, -0.05) is 29.8 Å². The summed E-state index contributed by atoms with van der Waals surface area (Å²) in [6, 6.07) is 14.4. The molecule has 1 amide bonds. The Hall–Kier alpha value is -2.53. The van der Waals surface area contributed by atoms with Crippen LogP contribution >= 0.6 is 0 Å². The predicted octanol–water partition coefficient (Wildman–Crippen LogP) is 3.14. The van der Waals surface area contributed by atoms with Gasteiger partial charge in [-0.15, -0.1) is 0 Å². The molecule has 0 bridgehead atoms. The van der Waals surface area contributed by atoms with E-state index in [4.69, 9.17) is 4.74 Å². The molecular weight excluding hydrogens is 350 g/mol. The Labute approximate surface area is 168 Å². The number of carbonyl (C=O) groups excluding carboxylic acids is 1. The second-order valence-electron chi connectivity index (χ2n) is 7.70. The second-order valence-corrected chi connectivity index (χ2v) is 7.70. The Kier molecular flexibility index (Phi) is 6.57. The average Bonchev–Trinajstić information content (AvgIpc) is 2.69. The van der Waals surface area contributed by atoms with Crippen molar-refractivity contribution < 1.29 is 9.53 Å². The van der Waals surface area contributed by atoms with Gasteiger partial charge < -0.3 is 19.9 Å². The molecule has 0 spiro atoms. The molecule has 1 heterocycles. The summed E-state index contributed by atoms with van der Waals surface area (Å²) in [4.78, 5) is 17.1. The van der Waals surface area contributed by atoms with Crippen molar-refractivity contribution >= 4 is 11.6 Å². The van der Waals surface area contributed by atoms with E-state index in [1.165, 1.54) is 11.3 Å². The molecule has 2 aromatic rings. The predicted molar refractivity (Wildman–Crippen MR) is 114 cm³/mol. The van der Waals surface area contributed by atoms with Gasteiger partial charge in [-0.3, -0.25) is 4.79 Å². The fourth-order valence-corrected chi connectivity index (χ4v) is 3.40. The van der Waals surface area contributed by atoms with Gasteiger partial charge in [-0.25, -0.2) is 0 Å². The zero-order chi connectivity index (χ0) is 20.1. The van der Waals surface area contributed by atoms with E-state index < -0.39 is 6.10 Å². The van der Waals surface area contributed by atoms with Crippen LogP contribution in [-0.2, 0) is 11.3 Å². The number of anilines is 1. The number of hydrogen-bond donors (Lipinski definition) is 1. The van der Waals surface area contributed by atoms with Gasteiger partial charge in [0.1, 0.15) is 5.75 Å². The van der Waals surface area contributed by atoms with Crippen LogP contribution in [-0.4, -0.2) is 50.1 Å². The van der Waals surface area contributed by atoms with Crippen molar-refractivity contribution in [1.82, 2.24) is 10.2 Å². The van der Waals surface area contributed by atoms with Gasteiger partial charge in [-0.2, -0.15) is 0 Å². The van der Waals surface area contributed by atoms with Crippen molar-refractivity contribution in [2.45, 2.75) is 33.4 Å². The molecule has 0 aromatic heterocycles. The van der Waals surface area contributed by atoms with Crippen LogP contribution in [0.15, 0.2) is 42.5 Å². The Balaban J connectivity index is 1.49. The van der Waals surface area contributed by atoms with Gasteiger partial charge in [0, 0.05) is 38.4 Å². The lowest BCUT2D eigenvalue weighted by molar-refractivity contribution is -0.127. The lowest BCUT2D eigenvalue weighted by Gasteiger charge is -2.34. The molecule has 28 heavy (non-hydrogen) atoms. The quantitative estimate of drug-likeness (QED) is 0.835. The SMILES string of the molecule is Cc1ccc(O[C@@H](C)C(=O)NCc2ccc(N3CCN(C)CC3)cc2)c(C)c1. The summed E-state index contributed by atoms with van der Waals surface area (Å²) in [6.45, 7) is 10.6. The van der Waals surface area contributed by atoms with Gasteiger partial charge in [0.25, 0.3) is 5.91 Å². The molecule has 1 fully saturated rings. The zero-order valence-electron chi connectivity index (χ0n) is 17.4. The second kappa shape index (κ2) is 9.11. The van der Waals surface area contributed by atoms with E-state index in [1.54, 1.807) is 6.92 Å². The van der Waals surface area contributed by atoms with Crippen LogP contribution in [0.2, 0.25) is 0 Å². The average molecular weight is 382 g/mol. The van der Waals surface area contributed by atoms with E-state index in [0.29, 0.717) is 6.54 Å². The highest BCUT2D eigenvalue weighted by molar-refractivity contribution is 5.80. The minimum absolute atomic E-state index is 0.108. The highest BCUT2D eigenvalue weighted by atomic mass is 16.5. The molecule has 0 aliphatic carbocycles. The summed E-state index contributed by atoms with van der Waals surface area (Å²) >= 11 is 0. The Morgan fingerprint density at radius 1 is 1.07 bits per heavy atom. The van der Waals surface area contributed by atoms with Crippen LogP contribution in [0.1, 0.15) is 23.6 Å². The third-order valence-corrected chi connectivity index (χ3v) is 5.27. The summed E-state index contributed by atoms with van der Waals surface area (Å²) in [6.07, 6.45) is -0.536. The first kappa shape index (κ1) is 20.2. The number of rotatable bonds is 6. The lowest BCUT2D eigenvalue weighted by Crippen LogP contribution is -2.44. The maximum absolute atomic E-state index is 12.4. The third kappa shape index (κ3) is 5.26. The maximum Gasteiger partial charge on any atom is 0.261 e. The van der Waals surface area contributed by atoms with Gasteiger partial charge in [-0.05, 0) is 57.1 Å². The standard InChI is InChI=1S/C23H31N3O2/c1-17-5-10-22(18(2)15-17)28-19(3)23(27)24-16-20-6-8-21(9-7-20)26-13-11-25(4)12-14-26/h5-10,15,19H,11-14,16H2,1-4H3,(H,24,27)/t19-/m0/s1. The molecule has 5 nitrogen and oxygen atoms in total. The van der Waals surface area contributed by atoms with Gasteiger partial charge >= 0.3 is 0 Å².